The molecule has 3 amide bonds. The molecule has 230 valence electrons. The Morgan fingerprint density at radius 1 is 0.952 bits per heavy atom. The fourth-order valence-electron chi connectivity index (χ4n) is 6.06. The van der Waals surface area contributed by atoms with Crippen molar-refractivity contribution in [2.45, 2.75) is 64.5 Å². The Kier molecular flexibility index (Phi) is 9.63. The highest BCUT2D eigenvalue weighted by Gasteiger charge is 2.51. The maximum absolute atomic E-state index is 13.3. The van der Waals surface area contributed by atoms with Crippen molar-refractivity contribution in [3.05, 3.63) is 29.8 Å². The van der Waals surface area contributed by atoms with E-state index in [1.54, 1.807) is 4.90 Å². The summed E-state index contributed by atoms with van der Waals surface area (Å²) in [6.45, 7) is 6.28. The Morgan fingerprint density at radius 2 is 1.60 bits per heavy atom. The lowest BCUT2D eigenvalue weighted by atomic mass is 9.72. The van der Waals surface area contributed by atoms with Gasteiger partial charge in [0.05, 0.1) is 7.11 Å². The summed E-state index contributed by atoms with van der Waals surface area (Å²) in [5.74, 6) is -0.806. The van der Waals surface area contributed by atoms with Crippen LogP contribution in [0.15, 0.2) is 24.3 Å². The minimum atomic E-state index is -1.18. The molecule has 0 bridgehead atoms. The minimum absolute atomic E-state index is 0.0651. The monoisotopic (exact) mass is 587 g/mol. The van der Waals surface area contributed by atoms with Crippen molar-refractivity contribution in [2.75, 3.05) is 38.7 Å². The molecule has 2 heterocycles. The first-order chi connectivity index (χ1) is 19.9. The number of piperidine rings is 2. The van der Waals surface area contributed by atoms with Crippen LogP contribution in [-0.2, 0) is 19.0 Å². The Balaban J connectivity index is 1.36. The van der Waals surface area contributed by atoms with E-state index in [2.05, 4.69) is 10.1 Å². The van der Waals surface area contributed by atoms with E-state index in [1.165, 1.54) is 36.3 Å². The molecule has 3 atom stereocenters. The molecule has 2 aliphatic heterocycles. The topological polar surface area (TPSA) is 152 Å². The van der Waals surface area contributed by atoms with E-state index in [-0.39, 0.29) is 41.9 Å². The van der Waals surface area contributed by atoms with Crippen molar-refractivity contribution >= 4 is 35.7 Å². The summed E-state index contributed by atoms with van der Waals surface area (Å²) in [4.78, 5) is 65.2. The van der Waals surface area contributed by atoms with Crippen LogP contribution in [0.1, 0.15) is 63.2 Å². The second-order valence-electron chi connectivity index (χ2n) is 12.4. The Hall–Kier alpha value is -3.83. The van der Waals surface area contributed by atoms with E-state index in [0.717, 1.165) is 25.7 Å². The molecule has 0 aromatic heterocycles. The van der Waals surface area contributed by atoms with E-state index in [4.69, 9.17) is 9.47 Å². The first-order valence-corrected chi connectivity index (χ1v) is 14.5. The third kappa shape index (κ3) is 7.92. The van der Waals surface area contributed by atoms with Crippen molar-refractivity contribution in [3.8, 4) is 0 Å². The van der Waals surface area contributed by atoms with Crippen molar-refractivity contribution in [2.24, 2.45) is 23.7 Å². The maximum Gasteiger partial charge on any atom is 0.411 e. The number of likely N-dealkylation sites (tertiary alicyclic amines) is 2. The van der Waals surface area contributed by atoms with Crippen LogP contribution in [0, 0.1) is 23.7 Å². The molecule has 1 aliphatic carbocycles. The maximum atomic E-state index is 13.3. The third-order valence-corrected chi connectivity index (χ3v) is 8.30. The van der Waals surface area contributed by atoms with Crippen LogP contribution in [0.25, 0.3) is 0 Å². The van der Waals surface area contributed by atoms with Crippen LogP contribution in [-0.4, -0.2) is 89.9 Å². The van der Waals surface area contributed by atoms with Gasteiger partial charge in [0.2, 0.25) is 0 Å². The summed E-state index contributed by atoms with van der Waals surface area (Å²) in [6, 6.07) is 5.09. The van der Waals surface area contributed by atoms with E-state index in [0.29, 0.717) is 25.2 Å². The molecule has 3 fully saturated rings. The molecule has 1 aromatic carbocycles. The quantitative estimate of drug-likeness (QED) is 0.264. The highest BCUT2D eigenvalue weighted by atomic mass is 16.6. The second-order valence-corrected chi connectivity index (χ2v) is 12.4. The van der Waals surface area contributed by atoms with Gasteiger partial charge in [-0.05, 0) is 101 Å². The number of anilines is 1. The summed E-state index contributed by atoms with van der Waals surface area (Å²) in [5.41, 5.74) is 0.152. The van der Waals surface area contributed by atoms with Crippen LogP contribution in [0.3, 0.4) is 0 Å². The molecule has 3 unspecified atom stereocenters. The minimum Gasteiger partial charge on any atom is -0.465 e. The highest BCUT2D eigenvalue weighted by Crippen LogP contribution is 2.48. The molecule has 2 saturated heterocycles. The molecule has 1 saturated carbocycles. The number of rotatable bonds is 7. The van der Waals surface area contributed by atoms with Crippen molar-refractivity contribution in [3.63, 3.8) is 0 Å². The van der Waals surface area contributed by atoms with Gasteiger partial charge in [0.1, 0.15) is 11.6 Å². The molecule has 3 aliphatic rings. The van der Waals surface area contributed by atoms with E-state index in [1.807, 2.05) is 20.8 Å². The molecule has 12 heteroatoms. The largest absolute Gasteiger partial charge is 0.465 e. The summed E-state index contributed by atoms with van der Waals surface area (Å²) < 4.78 is 15.5. The van der Waals surface area contributed by atoms with Crippen LogP contribution in [0.5, 0.6) is 0 Å². The molecule has 0 radical (unpaired) electrons. The molecule has 0 spiro atoms. The van der Waals surface area contributed by atoms with Crippen LogP contribution >= 0.6 is 0 Å². The standard InChI is InChI=1S/C30H41N3O9/c1-30(2,3)42-29(39)32-13-11-18(12-14-32)21-15-23(19-5-6-19)25(33(16-21)28(37)38)26(35)41-17-24(34)20-7-9-22(10-8-20)31-27(36)40-4/h7-10,18-19,21,23,25H,5-6,11-17H2,1-4H3,(H,31,36)(H,37,38). The summed E-state index contributed by atoms with van der Waals surface area (Å²) >= 11 is 0. The number of amides is 3. The van der Waals surface area contributed by atoms with Crippen molar-refractivity contribution in [1.82, 2.24) is 9.80 Å². The Morgan fingerprint density at radius 3 is 2.14 bits per heavy atom. The summed E-state index contributed by atoms with van der Waals surface area (Å²) in [5, 5.41) is 12.6. The molecule has 42 heavy (non-hydrogen) atoms. The predicted molar refractivity (Wildman–Crippen MR) is 151 cm³/mol. The molecular weight excluding hydrogens is 546 g/mol. The van der Waals surface area contributed by atoms with Gasteiger partial charge in [-0.2, -0.15) is 0 Å². The van der Waals surface area contributed by atoms with E-state index < -0.39 is 42.2 Å². The predicted octanol–water partition coefficient (Wildman–Crippen LogP) is 4.63. The number of carbonyl (C=O) groups is 5. The first kappa shape index (κ1) is 31.1. The van der Waals surface area contributed by atoms with Gasteiger partial charge >= 0.3 is 24.2 Å². The van der Waals surface area contributed by atoms with Crippen LogP contribution < -0.4 is 5.32 Å². The number of ether oxygens (including phenoxy) is 3. The number of hydrogen-bond acceptors (Lipinski definition) is 8. The van der Waals surface area contributed by atoms with Crippen molar-refractivity contribution in [1.29, 1.82) is 0 Å². The SMILES string of the molecule is COC(=O)Nc1ccc(C(=O)COC(=O)C2C(C3CC3)CC(C3CCN(C(=O)OC(C)(C)C)CC3)CN2C(=O)O)cc1. The number of Topliss-reactive ketones (excluding diaryl/α,β-unsaturated/α-hetero) is 1. The molecule has 12 nitrogen and oxygen atoms in total. The van der Waals surface area contributed by atoms with Crippen LogP contribution in [0.4, 0.5) is 20.1 Å². The lowest BCUT2D eigenvalue weighted by Gasteiger charge is -2.46. The van der Waals surface area contributed by atoms with E-state index >= 15 is 0 Å². The van der Waals surface area contributed by atoms with E-state index in [9.17, 15) is 29.1 Å². The molecule has 1 aromatic rings. The number of esters is 1. The zero-order valence-electron chi connectivity index (χ0n) is 24.7. The summed E-state index contributed by atoms with van der Waals surface area (Å²) in [6.07, 6.45) is 1.88. The second kappa shape index (κ2) is 13.0. The van der Waals surface area contributed by atoms with Gasteiger partial charge in [-0.1, -0.05) is 0 Å². The van der Waals surface area contributed by atoms with Gasteiger partial charge in [0, 0.05) is 30.9 Å². The average Bonchev–Trinajstić information content (AvgIpc) is 3.80. The normalized spacial score (nSPS) is 23.1. The first-order valence-electron chi connectivity index (χ1n) is 14.5. The van der Waals surface area contributed by atoms with Gasteiger partial charge in [0.15, 0.2) is 12.4 Å². The lowest BCUT2D eigenvalue weighted by Crippen LogP contribution is -2.57. The fourth-order valence-corrected chi connectivity index (χ4v) is 6.06. The number of nitrogens with zero attached hydrogens (tertiary/aromatic N) is 2. The van der Waals surface area contributed by atoms with Crippen molar-refractivity contribution < 1.29 is 43.3 Å². The zero-order chi connectivity index (χ0) is 30.6. The number of nitrogens with one attached hydrogen (secondary N) is 1. The zero-order valence-corrected chi connectivity index (χ0v) is 24.7. The number of carbonyl (C=O) groups excluding carboxylic acids is 4. The number of hydrogen-bond donors (Lipinski definition) is 2. The molecule has 2 N–H and O–H groups in total. The van der Waals surface area contributed by atoms with Crippen LogP contribution in [0.2, 0.25) is 0 Å². The fraction of sp³-hybridized carbons (Fsp3) is 0.633. The smallest absolute Gasteiger partial charge is 0.411 e. The molecule has 4 rings (SSSR count). The third-order valence-electron chi connectivity index (χ3n) is 8.30. The Labute approximate surface area is 245 Å². The van der Waals surface area contributed by atoms with Gasteiger partial charge in [0.25, 0.3) is 0 Å². The average molecular weight is 588 g/mol. The van der Waals surface area contributed by atoms with Gasteiger partial charge < -0.3 is 24.2 Å². The van der Waals surface area contributed by atoms with Gasteiger partial charge in [-0.3, -0.25) is 15.0 Å². The highest BCUT2D eigenvalue weighted by molar-refractivity contribution is 5.99. The van der Waals surface area contributed by atoms with Gasteiger partial charge in [-0.15, -0.1) is 0 Å². The number of benzene rings is 1. The molecular formula is C30H41N3O9. The number of ketones is 1. The number of carboxylic acid groups (broad SMARTS) is 1. The number of methoxy groups -OCH3 is 1. The Bertz CT molecular complexity index is 1170. The lowest BCUT2D eigenvalue weighted by molar-refractivity contribution is -0.153. The van der Waals surface area contributed by atoms with Gasteiger partial charge in [-0.25, -0.2) is 19.2 Å². The summed E-state index contributed by atoms with van der Waals surface area (Å²) in [7, 11) is 1.24.